The molecule has 0 aromatic heterocycles. The lowest BCUT2D eigenvalue weighted by Crippen LogP contribution is -1.99. The fourth-order valence-corrected chi connectivity index (χ4v) is 1.43. The number of para-hydroxylation sites is 1. The molecule has 2 nitrogen and oxygen atoms in total. The highest BCUT2D eigenvalue weighted by molar-refractivity contribution is 5.74. The third-order valence-electron chi connectivity index (χ3n) is 2.35. The zero-order valence-electron chi connectivity index (χ0n) is 9.10. The van der Waals surface area contributed by atoms with Gasteiger partial charge >= 0.3 is 0 Å². The van der Waals surface area contributed by atoms with Crippen molar-refractivity contribution in [3.63, 3.8) is 0 Å². The number of hydrogen-bond acceptors (Lipinski definition) is 2. The first-order valence-corrected chi connectivity index (χ1v) is 5.21. The van der Waals surface area contributed by atoms with E-state index in [9.17, 15) is 9.18 Å². The minimum Gasteiger partial charge on any atom is -0.489 e. The van der Waals surface area contributed by atoms with Crippen molar-refractivity contribution in [3.05, 3.63) is 65.5 Å². The molecule has 0 radical (unpaired) electrons. The summed E-state index contributed by atoms with van der Waals surface area (Å²) < 4.78 is 18.9. The molecular formula is C14H11FO2. The molecule has 0 saturated heterocycles. The van der Waals surface area contributed by atoms with Crippen LogP contribution in [0.3, 0.4) is 0 Å². The highest BCUT2D eigenvalue weighted by Gasteiger charge is 2.04. The van der Waals surface area contributed by atoms with Gasteiger partial charge in [0, 0.05) is 11.1 Å². The normalized spacial score (nSPS) is 9.94. The molecule has 0 spiro atoms. The summed E-state index contributed by atoms with van der Waals surface area (Å²) in [6.45, 7) is 0.148. The number of aldehydes is 1. The second-order valence-corrected chi connectivity index (χ2v) is 3.57. The summed E-state index contributed by atoms with van der Waals surface area (Å²) in [5, 5.41) is 0. The van der Waals surface area contributed by atoms with Gasteiger partial charge in [-0.05, 0) is 18.2 Å². The van der Waals surface area contributed by atoms with Crippen molar-refractivity contribution >= 4 is 6.29 Å². The summed E-state index contributed by atoms with van der Waals surface area (Å²) in [5.41, 5.74) is 0.755. The van der Waals surface area contributed by atoms with Crippen LogP contribution >= 0.6 is 0 Å². The highest BCUT2D eigenvalue weighted by atomic mass is 19.1. The largest absolute Gasteiger partial charge is 0.489 e. The SMILES string of the molecule is O=Cc1ccc(COc2ccccc2)c(F)c1. The molecule has 2 aromatic carbocycles. The molecule has 0 heterocycles. The molecular weight excluding hydrogens is 219 g/mol. The van der Waals surface area contributed by atoms with Crippen LogP contribution in [0.15, 0.2) is 48.5 Å². The van der Waals surface area contributed by atoms with E-state index in [0.29, 0.717) is 23.2 Å². The first kappa shape index (κ1) is 11.3. The van der Waals surface area contributed by atoms with E-state index in [2.05, 4.69) is 0 Å². The van der Waals surface area contributed by atoms with E-state index in [0.717, 1.165) is 0 Å². The fraction of sp³-hybridized carbons (Fsp3) is 0.0714. The Bertz CT molecular complexity index is 509. The van der Waals surface area contributed by atoms with Crippen molar-refractivity contribution in [3.8, 4) is 5.75 Å². The van der Waals surface area contributed by atoms with Gasteiger partial charge in [-0.15, -0.1) is 0 Å². The van der Waals surface area contributed by atoms with Gasteiger partial charge in [0.2, 0.25) is 0 Å². The Hall–Kier alpha value is -2.16. The van der Waals surface area contributed by atoms with E-state index in [1.165, 1.54) is 6.07 Å². The van der Waals surface area contributed by atoms with E-state index in [1.54, 1.807) is 24.3 Å². The molecule has 2 aromatic rings. The Morgan fingerprint density at radius 1 is 1.12 bits per heavy atom. The number of ether oxygens (including phenoxy) is 1. The average Bonchev–Trinajstić information content (AvgIpc) is 2.38. The molecule has 0 bridgehead atoms. The maximum absolute atomic E-state index is 13.5. The predicted molar refractivity (Wildman–Crippen MR) is 62.6 cm³/mol. The summed E-state index contributed by atoms with van der Waals surface area (Å²) in [6, 6.07) is 13.5. The maximum atomic E-state index is 13.5. The lowest BCUT2D eigenvalue weighted by Gasteiger charge is -2.07. The molecule has 0 aliphatic heterocycles. The van der Waals surface area contributed by atoms with E-state index in [1.807, 2.05) is 18.2 Å². The van der Waals surface area contributed by atoms with E-state index in [4.69, 9.17) is 4.74 Å². The molecule has 0 unspecified atom stereocenters. The zero-order valence-corrected chi connectivity index (χ0v) is 9.10. The predicted octanol–water partition coefficient (Wildman–Crippen LogP) is 3.22. The Morgan fingerprint density at radius 3 is 2.53 bits per heavy atom. The molecule has 2 rings (SSSR count). The maximum Gasteiger partial charge on any atom is 0.150 e. The summed E-state index contributed by atoms with van der Waals surface area (Å²) in [5.74, 6) is 0.261. The summed E-state index contributed by atoms with van der Waals surface area (Å²) >= 11 is 0. The fourth-order valence-electron chi connectivity index (χ4n) is 1.43. The number of benzene rings is 2. The smallest absolute Gasteiger partial charge is 0.150 e. The molecule has 17 heavy (non-hydrogen) atoms. The van der Waals surface area contributed by atoms with Crippen molar-refractivity contribution in [2.75, 3.05) is 0 Å². The van der Waals surface area contributed by atoms with Crippen LogP contribution in [0.25, 0.3) is 0 Å². The topological polar surface area (TPSA) is 26.3 Å². The molecule has 0 N–H and O–H groups in total. The number of hydrogen-bond donors (Lipinski definition) is 0. The van der Waals surface area contributed by atoms with E-state index >= 15 is 0 Å². The highest BCUT2D eigenvalue weighted by Crippen LogP contribution is 2.14. The molecule has 86 valence electrons. The second-order valence-electron chi connectivity index (χ2n) is 3.57. The Balaban J connectivity index is 2.07. The summed E-state index contributed by atoms with van der Waals surface area (Å²) in [6.07, 6.45) is 0.616. The molecule has 0 aliphatic carbocycles. The zero-order chi connectivity index (χ0) is 12.1. The van der Waals surface area contributed by atoms with Gasteiger partial charge < -0.3 is 4.74 Å². The second kappa shape index (κ2) is 5.25. The molecule has 0 atom stereocenters. The van der Waals surface area contributed by atoms with Gasteiger partial charge in [0.1, 0.15) is 24.5 Å². The lowest BCUT2D eigenvalue weighted by molar-refractivity contribution is 0.112. The van der Waals surface area contributed by atoms with Gasteiger partial charge in [0.05, 0.1) is 0 Å². The third-order valence-corrected chi connectivity index (χ3v) is 2.35. The lowest BCUT2D eigenvalue weighted by atomic mass is 10.1. The van der Waals surface area contributed by atoms with Crippen molar-refractivity contribution in [1.29, 1.82) is 0 Å². The van der Waals surface area contributed by atoms with Crippen LogP contribution in [0.1, 0.15) is 15.9 Å². The molecule has 0 saturated carbocycles. The molecule has 3 heteroatoms. The van der Waals surface area contributed by atoms with Gasteiger partial charge in [-0.25, -0.2) is 4.39 Å². The van der Waals surface area contributed by atoms with Crippen LogP contribution in [-0.2, 0) is 6.61 Å². The van der Waals surface area contributed by atoms with Crippen LogP contribution in [0, 0.1) is 5.82 Å². The third kappa shape index (κ3) is 2.91. The Kier molecular flexibility index (Phi) is 3.50. The monoisotopic (exact) mass is 230 g/mol. The number of rotatable bonds is 4. The van der Waals surface area contributed by atoms with Crippen LogP contribution in [0.5, 0.6) is 5.75 Å². The van der Waals surface area contributed by atoms with Gasteiger partial charge in [-0.3, -0.25) is 4.79 Å². The van der Waals surface area contributed by atoms with Crippen molar-refractivity contribution < 1.29 is 13.9 Å². The van der Waals surface area contributed by atoms with Crippen molar-refractivity contribution in [1.82, 2.24) is 0 Å². The number of carbonyl (C=O) groups excluding carboxylic acids is 1. The van der Waals surface area contributed by atoms with Crippen molar-refractivity contribution in [2.24, 2.45) is 0 Å². The van der Waals surface area contributed by atoms with Crippen LogP contribution < -0.4 is 4.74 Å². The number of carbonyl (C=O) groups is 1. The standard InChI is InChI=1S/C14H11FO2/c15-14-8-11(9-16)6-7-12(14)10-17-13-4-2-1-3-5-13/h1-9H,10H2. The van der Waals surface area contributed by atoms with Gasteiger partial charge in [-0.2, -0.15) is 0 Å². The Morgan fingerprint density at radius 2 is 1.88 bits per heavy atom. The minimum absolute atomic E-state index is 0.148. The first-order chi connectivity index (χ1) is 8.29. The Labute approximate surface area is 98.7 Å². The summed E-state index contributed by atoms with van der Waals surface area (Å²) in [4.78, 5) is 10.5. The van der Waals surface area contributed by atoms with Crippen LogP contribution in [0.2, 0.25) is 0 Å². The average molecular weight is 230 g/mol. The molecule has 0 fully saturated rings. The van der Waals surface area contributed by atoms with Crippen LogP contribution in [-0.4, -0.2) is 6.29 Å². The van der Waals surface area contributed by atoms with Crippen LogP contribution in [0.4, 0.5) is 4.39 Å². The van der Waals surface area contributed by atoms with Gasteiger partial charge in [0.25, 0.3) is 0 Å². The molecule has 0 amide bonds. The van der Waals surface area contributed by atoms with Gasteiger partial charge in [-0.1, -0.05) is 30.3 Å². The van der Waals surface area contributed by atoms with E-state index < -0.39 is 5.82 Å². The molecule has 0 aliphatic rings. The number of halogens is 1. The minimum atomic E-state index is -0.425. The first-order valence-electron chi connectivity index (χ1n) is 5.21. The summed E-state index contributed by atoms with van der Waals surface area (Å²) in [7, 11) is 0. The van der Waals surface area contributed by atoms with Crippen molar-refractivity contribution in [2.45, 2.75) is 6.61 Å². The van der Waals surface area contributed by atoms with E-state index in [-0.39, 0.29) is 6.61 Å². The quantitative estimate of drug-likeness (QED) is 0.754. The van der Waals surface area contributed by atoms with Gasteiger partial charge in [0.15, 0.2) is 0 Å².